The third-order valence-corrected chi connectivity index (χ3v) is 3.19. The normalized spacial score (nSPS) is 10.0. The molecule has 0 amide bonds. The van der Waals surface area contributed by atoms with E-state index in [4.69, 9.17) is 4.74 Å². The van der Waals surface area contributed by atoms with Gasteiger partial charge in [-0.2, -0.15) is 0 Å². The molecule has 0 radical (unpaired) electrons. The number of fused-ring (bicyclic) bond motifs is 1. The number of nitrogens with zero attached hydrogens (tertiary/aromatic N) is 1. The van der Waals surface area contributed by atoms with Gasteiger partial charge in [-0.1, -0.05) is 5.92 Å². The number of carbonyl (C=O) groups is 1. The number of benzene rings is 1. The Hall–Kier alpha value is -2.34. The van der Waals surface area contributed by atoms with E-state index in [0.717, 1.165) is 33.3 Å². The summed E-state index contributed by atoms with van der Waals surface area (Å²) in [6, 6.07) is 3.92. The number of ketones is 1. The van der Waals surface area contributed by atoms with Crippen LogP contribution < -0.4 is 4.74 Å². The maximum absolute atomic E-state index is 11.1. The van der Waals surface area contributed by atoms with Gasteiger partial charge in [0.2, 0.25) is 0 Å². The van der Waals surface area contributed by atoms with E-state index in [2.05, 4.69) is 16.8 Å². The van der Waals surface area contributed by atoms with Gasteiger partial charge < -0.3 is 4.74 Å². The van der Waals surface area contributed by atoms with E-state index in [1.54, 1.807) is 13.1 Å². The van der Waals surface area contributed by atoms with E-state index in [-0.39, 0.29) is 12.4 Å². The molecule has 2 aromatic rings. The SMILES string of the molecule is CC#Cc1cnc2c(C)c(C)c(OCC(C)=O)cc2c1. The Balaban J connectivity index is 2.55. The number of pyridine rings is 1. The van der Waals surface area contributed by atoms with Crippen LogP contribution in [0.15, 0.2) is 18.3 Å². The topological polar surface area (TPSA) is 39.2 Å². The number of carbonyl (C=O) groups excluding carboxylic acids is 1. The van der Waals surface area contributed by atoms with Crippen LogP contribution in [0.5, 0.6) is 5.75 Å². The molecular weight excluding hydrogens is 250 g/mol. The van der Waals surface area contributed by atoms with Gasteiger partial charge in [-0.05, 0) is 51.0 Å². The number of aromatic nitrogens is 1. The fourth-order valence-electron chi connectivity index (χ4n) is 2.06. The second-order valence-electron chi connectivity index (χ2n) is 4.79. The zero-order valence-electron chi connectivity index (χ0n) is 12.2. The lowest BCUT2D eigenvalue weighted by Gasteiger charge is -2.12. The molecule has 102 valence electrons. The average Bonchev–Trinajstić information content (AvgIpc) is 2.41. The van der Waals surface area contributed by atoms with Crippen molar-refractivity contribution in [1.29, 1.82) is 0 Å². The molecule has 0 saturated heterocycles. The summed E-state index contributed by atoms with van der Waals surface area (Å²) in [6.07, 6.45) is 1.78. The van der Waals surface area contributed by atoms with Crippen LogP contribution in [0, 0.1) is 25.7 Å². The summed E-state index contributed by atoms with van der Waals surface area (Å²) < 4.78 is 5.57. The Morgan fingerprint density at radius 1 is 1.30 bits per heavy atom. The first-order valence-corrected chi connectivity index (χ1v) is 6.48. The third kappa shape index (κ3) is 2.80. The van der Waals surface area contributed by atoms with Crippen molar-refractivity contribution < 1.29 is 9.53 Å². The van der Waals surface area contributed by atoms with Crippen LogP contribution in [0.25, 0.3) is 10.9 Å². The maximum Gasteiger partial charge on any atom is 0.167 e. The van der Waals surface area contributed by atoms with Crippen LogP contribution in [0.1, 0.15) is 30.5 Å². The van der Waals surface area contributed by atoms with E-state index in [0.29, 0.717) is 0 Å². The van der Waals surface area contributed by atoms with Gasteiger partial charge in [-0.25, -0.2) is 0 Å². The number of rotatable bonds is 3. The highest BCUT2D eigenvalue weighted by Crippen LogP contribution is 2.29. The van der Waals surface area contributed by atoms with Crippen molar-refractivity contribution in [2.24, 2.45) is 0 Å². The molecule has 1 aromatic carbocycles. The molecule has 2 rings (SSSR count). The van der Waals surface area contributed by atoms with Crippen LogP contribution in [-0.4, -0.2) is 17.4 Å². The van der Waals surface area contributed by atoms with Crippen molar-refractivity contribution in [3.05, 3.63) is 35.0 Å². The molecule has 0 bridgehead atoms. The molecule has 0 aliphatic rings. The van der Waals surface area contributed by atoms with Crippen LogP contribution in [0.3, 0.4) is 0 Å². The number of hydrogen-bond donors (Lipinski definition) is 0. The minimum Gasteiger partial charge on any atom is -0.486 e. The molecular formula is C17H17NO2. The second-order valence-corrected chi connectivity index (χ2v) is 4.79. The van der Waals surface area contributed by atoms with Gasteiger partial charge in [0.05, 0.1) is 5.52 Å². The van der Waals surface area contributed by atoms with Gasteiger partial charge in [0.25, 0.3) is 0 Å². The highest BCUT2D eigenvalue weighted by atomic mass is 16.5. The van der Waals surface area contributed by atoms with Gasteiger partial charge in [-0.15, -0.1) is 5.92 Å². The third-order valence-electron chi connectivity index (χ3n) is 3.19. The van der Waals surface area contributed by atoms with Gasteiger partial charge in [0, 0.05) is 17.1 Å². The van der Waals surface area contributed by atoms with Gasteiger partial charge in [0.15, 0.2) is 5.78 Å². The van der Waals surface area contributed by atoms with Crippen molar-refractivity contribution in [2.75, 3.05) is 6.61 Å². The molecule has 1 aromatic heterocycles. The number of Topliss-reactive ketones (excluding diaryl/α,β-unsaturated/α-hetero) is 1. The lowest BCUT2D eigenvalue weighted by atomic mass is 10.0. The molecule has 0 spiro atoms. The molecule has 0 aliphatic carbocycles. The quantitative estimate of drug-likeness (QED) is 0.802. The number of hydrogen-bond acceptors (Lipinski definition) is 3. The van der Waals surface area contributed by atoms with E-state index in [1.165, 1.54) is 6.92 Å². The van der Waals surface area contributed by atoms with Gasteiger partial charge in [0.1, 0.15) is 12.4 Å². The van der Waals surface area contributed by atoms with Crippen LogP contribution in [0.2, 0.25) is 0 Å². The molecule has 0 saturated carbocycles. The average molecular weight is 267 g/mol. The Kier molecular flexibility index (Phi) is 4.05. The summed E-state index contributed by atoms with van der Waals surface area (Å²) in [5, 5.41) is 0.979. The molecule has 3 heteroatoms. The first-order valence-electron chi connectivity index (χ1n) is 6.48. The summed E-state index contributed by atoms with van der Waals surface area (Å²) in [7, 11) is 0. The van der Waals surface area contributed by atoms with Crippen LogP contribution >= 0.6 is 0 Å². The fourth-order valence-corrected chi connectivity index (χ4v) is 2.06. The first-order chi connectivity index (χ1) is 9.52. The fraction of sp³-hybridized carbons (Fsp3) is 0.294. The lowest BCUT2D eigenvalue weighted by Crippen LogP contribution is -2.08. The monoisotopic (exact) mass is 267 g/mol. The van der Waals surface area contributed by atoms with E-state index >= 15 is 0 Å². The maximum atomic E-state index is 11.1. The molecule has 0 fully saturated rings. The largest absolute Gasteiger partial charge is 0.486 e. The highest BCUT2D eigenvalue weighted by molar-refractivity contribution is 5.86. The predicted molar refractivity (Wildman–Crippen MR) is 79.9 cm³/mol. The van der Waals surface area contributed by atoms with Gasteiger partial charge in [-0.3, -0.25) is 9.78 Å². The minimum atomic E-state index is 0.00544. The molecule has 0 aliphatic heterocycles. The van der Waals surface area contributed by atoms with Crippen molar-refractivity contribution in [3.63, 3.8) is 0 Å². The van der Waals surface area contributed by atoms with E-state index < -0.39 is 0 Å². The highest BCUT2D eigenvalue weighted by Gasteiger charge is 2.10. The summed E-state index contributed by atoms with van der Waals surface area (Å²) in [6.45, 7) is 7.39. The summed E-state index contributed by atoms with van der Waals surface area (Å²) in [5.41, 5.74) is 3.90. The van der Waals surface area contributed by atoms with Crippen molar-refractivity contribution in [1.82, 2.24) is 4.98 Å². The van der Waals surface area contributed by atoms with E-state index in [9.17, 15) is 4.79 Å². The summed E-state index contributed by atoms with van der Waals surface area (Å²) in [4.78, 5) is 15.5. The summed E-state index contributed by atoms with van der Waals surface area (Å²) in [5.74, 6) is 6.60. The van der Waals surface area contributed by atoms with E-state index in [1.807, 2.05) is 26.0 Å². The van der Waals surface area contributed by atoms with Crippen molar-refractivity contribution in [2.45, 2.75) is 27.7 Å². The zero-order valence-corrected chi connectivity index (χ0v) is 12.2. The second kappa shape index (κ2) is 5.75. The van der Waals surface area contributed by atoms with Crippen molar-refractivity contribution in [3.8, 4) is 17.6 Å². The molecule has 1 heterocycles. The molecule has 0 N–H and O–H groups in total. The Labute approximate surface area is 119 Å². The first kappa shape index (κ1) is 14.1. The lowest BCUT2D eigenvalue weighted by molar-refractivity contribution is -0.118. The van der Waals surface area contributed by atoms with Crippen molar-refractivity contribution >= 4 is 16.7 Å². The summed E-state index contributed by atoms with van der Waals surface area (Å²) >= 11 is 0. The zero-order chi connectivity index (χ0) is 14.7. The predicted octanol–water partition coefficient (Wildman–Crippen LogP) is 3.19. The van der Waals surface area contributed by atoms with Crippen LogP contribution in [0.4, 0.5) is 0 Å². The molecule has 20 heavy (non-hydrogen) atoms. The Morgan fingerprint density at radius 2 is 2.05 bits per heavy atom. The van der Waals surface area contributed by atoms with Crippen LogP contribution in [-0.2, 0) is 4.79 Å². The molecule has 0 atom stereocenters. The Morgan fingerprint density at radius 3 is 2.70 bits per heavy atom. The number of ether oxygens (including phenoxy) is 1. The van der Waals surface area contributed by atoms with Gasteiger partial charge >= 0.3 is 0 Å². The Bertz CT molecular complexity index is 736. The number of aryl methyl sites for hydroxylation is 1. The standard InChI is InChI=1S/C17H17NO2/c1-5-6-14-7-15-8-16(20-10-11(2)19)12(3)13(4)17(15)18-9-14/h7-9H,10H2,1-4H3. The molecule has 3 nitrogen and oxygen atoms in total. The smallest absolute Gasteiger partial charge is 0.167 e. The minimum absolute atomic E-state index is 0.00544. The molecule has 0 unspecified atom stereocenters.